The van der Waals surface area contributed by atoms with E-state index in [9.17, 15) is 9.18 Å². The maximum Gasteiger partial charge on any atom is 0.408 e. The van der Waals surface area contributed by atoms with Crippen molar-refractivity contribution in [2.75, 3.05) is 10.6 Å². The number of amides is 1. The molecule has 0 bridgehead atoms. The lowest BCUT2D eigenvalue weighted by Gasteiger charge is -2.12. The number of hydrogen-bond acceptors (Lipinski definition) is 7. The predicted molar refractivity (Wildman–Crippen MR) is 133 cm³/mol. The van der Waals surface area contributed by atoms with Gasteiger partial charge in [-0.2, -0.15) is 4.98 Å². The van der Waals surface area contributed by atoms with Gasteiger partial charge >= 0.3 is 6.09 Å². The number of pyridine rings is 1. The molecule has 2 aliphatic rings. The van der Waals surface area contributed by atoms with Gasteiger partial charge in [0.05, 0.1) is 12.2 Å². The highest BCUT2D eigenvalue weighted by Gasteiger charge is 2.41. The summed E-state index contributed by atoms with van der Waals surface area (Å²) in [5, 5.41) is 9.02. The third kappa shape index (κ3) is 4.55. The molecule has 36 heavy (non-hydrogen) atoms. The Balaban J connectivity index is 1.13. The molecule has 2 aromatic heterocycles. The van der Waals surface area contributed by atoms with Crippen molar-refractivity contribution < 1.29 is 13.9 Å². The minimum absolute atomic E-state index is 0.0784. The van der Waals surface area contributed by atoms with Crippen LogP contribution in [0.3, 0.4) is 0 Å². The van der Waals surface area contributed by atoms with Gasteiger partial charge in [-0.15, -0.1) is 0 Å². The van der Waals surface area contributed by atoms with Gasteiger partial charge in [-0.05, 0) is 71.5 Å². The molecule has 6 rings (SSSR count). The molecule has 8 nitrogen and oxygen atoms in total. The van der Waals surface area contributed by atoms with Gasteiger partial charge in [0, 0.05) is 30.2 Å². The Bertz CT molecular complexity index is 1410. The zero-order valence-corrected chi connectivity index (χ0v) is 19.2. The Morgan fingerprint density at radius 3 is 2.53 bits per heavy atom. The molecule has 1 aliphatic heterocycles. The van der Waals surface area contributed by atoms with Gasteiger partial charge < -0.3 is 20.7 Å². The van der Waals surface area contributed by atoms with Crippen LogP contribution in [0.4, 0.5) is 32.3 Å². The quantitative estimate of drug-likeness (QED) is 0.341. The number of benzene rings is 2. The Hall–Kier alpha value is -4.53. The fraction of sp³-hybridized carbons (Fsp3) is 0.185. The van der Waals surface area contributed by atoms with Crippen LogP contribution in [0.25, 0.3) is 0 Å². The third-order valence-electron chi connectivity index (χ3n) is 6.47. The second-order valence-corrected chi connectivity index (χ2v) is 8.88. The van der Waals surface area contributed by atoms with Gasteiger partial charge in [0.25, 0.3) is 0 Å². The summed E-state index contributed by atoms with van der Waals surface area (Å²) >= 11 is 0. The largest absolute Gasteiger partial charge is 0.443 e. The van der Waals surface area contributed by atoms with Crippen LogP contribution in [-0.2, 0) is 24.0 Å². The number of fused-ring (bicyclic) bond motifs is 3. The smallest absolute Gasteiger partial charge is 0.408 e. The van der Waals surface area contributed by atoms with Gasteiger partial charge in [0.1, 0.15) is 6.10 Å². The maximum atomic E-state index is 14.5. The topological polar surface area (TPSA) is 101 Å². The van der Waals surface area contributed by atoms with Gasteiger partial charge in [0.2, 0.25) is 5.95 Å². The van der Waals surface area contributed by atoms with E-state index in [-0.39, 0.29) is 23.9 Å². The average molecular weight is 483 g/mol. The number of nitrogens with one attached hydrogen (secondary N) is 3. The molecule has 0 saturated carbocycles. The third-order valence-corrected chi connectivity index (χ3v) is 6.47. The first-order chi connectivity index (χ1) is 17.6. The number of hydrogen-bond donors (Lipinski definition) is 3. The lowest BCUT2D eigenvalue weighted by molar-refractivity contribution is 0.136. The van der Waals surface area contributed by atoms with Crippen molar-refractivity contribution >= 4 is 29.2 Å². The van der Waals surface area contributed by atoms with Crippen LogP contribution >= 0.6 is 0 Å². The second-order valence-electron chi connectivity index (χ2n) is 8.88. The van der Waals surface area contributed by atoms with E-state index >= 15 is 0 Å². The highest BCUT2D eigenvalue weighted by molar-refractivity contribution is 5.72. The van der Waals surface area contributed by atoms with Crippen LogP contribution in [0.2, 0.25) is 0 Å². The van der Waals surface area contributed by atoms with Crippen molar-refractivity contribution in [3.63, 3.8) is 0 Å². The van der Waals surface area contributed by atoms with E-state index in [1.54, 1.807) is 12.4 Å². The van der Waals surface area contributed by atoms with E-state index in [0.29, 0.717) is 6.42 Å². The van der Waals surface area contributed by atoms with E-state index in [4.69, 9.17) is 4.74 Å². The van der Waals surface area contributed by atoms with Crippen LogP contribution in [-0.4, -0.2) is 27.1 Å². The normalized spacial score (nSPS) is 17.6. The van der Waals surface area contributed by atoms with Gasteiger partial charge in [-0.25, -0.2) is 14.2 Å². The lowest BCUT2D eigenvalue weighted by Crippen LogP contribution is -2.18. The summed E-state index contributed by atoms with van der Waals surface area (Å²) in [7, 11) is 0. The Morgan fingerprint density at radius 1 is 0.972 bits per heavy atom. The highest BCUT2D eigenvalue weighted by Crippen LogP contribution is 2.38. The maximum absolute atomic E-state index is 14.5. The summed E-state index contributed by atoms with van der Waals surface area (Å²) in [4.78, 5) is 24.0. The van der Waals surface area contributed by atoms with Crippen LogP contribution in [0.1, 0.15) is 28.3 Å². The van der Waals surface area contributed by atoms with Gasteiger partial charge in [0.15, 0.2) is 11.6 Å². The number of ether oxygens (including phenoxy) is 1. The number of nitrogens with zero attached hydrogens (tertiary/aromatic N) is 3. The Labute approximate surface area is 207 Å². The standard InChI is InChI=1S/C27H23FN6O2/c28-22-15-30-26(32-20-8-5-18-13-23-24(21(18)14-20)33-27(35)36-23)34-25(22)31-19-6-3-16(4-7-19)1-2-17-9-11-29-12-10-17/h3-12,14-15,23-24H,1-2,13H2,(H,33,35)(H2,30,31,32,34)/t23?,24-/m1/s1. The lowest BCUT2D eigenvalue weighted by atomic mass is 10.1. The van der Waals surface area contributed by atoms with Crippen molar-refractivity contribution in [2.45, 2.75) is 31.4 Å². The first-order valence-corrected chi connectivity index (χ1v) is 11.8. The first kappa shape index (κ1) is 22.0. The number of aromatic nitrogens is 3. The number of alkyl carbamates (subject to hydrolysis) is 1. The van der Waals surface area contributed by atoms with E-state index in [0.717, 1.165) is 41.5 Å². The molecule has 0 radical (unpaired) electrons. The molecule has 4 aromatic rings. The van der Waals surface area contributed by atoms with Crippen LogP contribution < -0.4 is 16.0 Å². The summed E-state index contributed by atoms with van der Waals surface area (Å²) in [6.07, 6.45) is 6.66. The zero-order valence-electron chi connectivity index (χ0n) is 19.2. The molecule has 1 amide bonds. The van der Waals surface area contributed by atoms with Crippen molar-refractivity contribution in [1.29, 1.82) is 0 Å². The minimum Gasteiger partial charge on any atom is -0.443 e. The first-order valence-electron chi connectivity index (χ1n) is 11.8. The Kier molecular flexibility index (Phi) is 5.65. The van der Waals surface area contributed by atoms with Crippen LogP contribution in [0.15, 0.2) is 73.2 Å². The molecule has 0 spiro atoms. The Morgan fingerprint density at radius 2 is 1.72 bits per heavy atom. The van der Waals surface area contributed by atoms with E-state index in [1.165, 1.54) is 11.1 Å². The van der Waals surface area contributed by atoms with Crippen molar-refractivity contribution in [1.82, 2.24) is 20.3 Å². The van der Waals surface area contributed by atoms with E-state index < -0.39 is 11.9 Å². The molecule has 1 aliphatic carbocycles. The molecule has 3 heterocycles. The molecule has 9 heteroatoms. The number of carbonyl (C=O) groups is 1. The average Bonchev–Trinajstić information content (AvgIpc) is 3.42. The molecular formula is C27H23FN6O2. The summed E-state index contributed by atoms with van der Waals surface area (Å²) in [5.74, 6) is -0.214. The van der Waals surface area contributed by atoms with Crippen molar-refractivity contribution in [3.05, 3.63) is 101 Å². The predicted octanol–water partition coefficient (Wildman–Crippen LogP) is 4.99. The molecular weight excluding hydrogens is 459 g/mol. The van der Waals surface area contributed by atoms with E-state index in [1.807, 2.05) is 54.6 Å². The monoisotopic (exact) mass is 482 g/mol. The zero-order chi connectivity index (χ0) is 24.5. The van der Waals surface area contributed by atoms with Crippen LogP contribution in [0, 0.1) is 5.82 Å². The number of carbonyl (C=O) groups excluding carboxylic acids is 1. The summed E-state index contributed by atoms with van der Waals surface area (Å²) < 4.78 is 19.8. The summed E-state index contributed by atoms with van der Waals surface area (Å²) in [6.45, 7) is 0. The highest BCUT2D eigenvalue weighted by atomic mass is 19.1. The molecule has 2 atom stereocenters. The number of halogens is 1. The summed E-state index contributed by atoms with van der Waals surface area (Å²) in [6, 6.07) is 17.6. The SMILES string of the molecule is O=C1N[C@@H]2c3cc(Nc4ncc(F)c(Nc5ccc(CCc6ccncc6)cc5)n4)ccc3CC2O1. The van der Waals surface area contributed by atoms with Gasteiger partial charge in [-0.3, -0.25) is 4.98 Å². The van der Waals surface area contributed by atoms with E-state index in [2.05, 4.69) is 30.9 Å². The fourth-order valence-corrected chi connectivity index (χ4v) is 4.64. The van der Waals surface area contributed by atoms with Crippen molar-refractivity contribution in [3.8, 4) is 0 Å². The molecule has 1 unspecified atom stereocenters. The van der Waals surface area contributed by atoms with Crippen molar-refractivity contribution in [2.24, 2.45) is 0 Å². The van der Waals surface area contributed by atoms with Gasteiger partial charge in [-0.1, -0.05) is 18.2 Å². The molecule has 1 saturated heterocycles. The minimum atomic E-state index is -0.551. The fourth-order valence-electron chi connectivity index (χ4n) is 4.64. The number of aryl methyl sites for hydroxylation is 2. The molecule has 1 fully saturated rings. The van der Waals surface area contributed by atoms with Crippen LogP contribution in [0.5, 0.6) is 0 Å². The molecule has 3 N–H and O–H groups in total. The number of anilines is 4. The number of rotatable bonds is 7. The second kappa shape index (κ2) is 9.26. The molecule has 2 aromatic carbocycles. The summed E-state index contributed by atoms with van der Waals surface area (Å²) in [5.41, 5.74) is 6.02. The molecule has 180 valence electrons.